The van der Waals surface area contributed by atoms with E-state index in [9.17, 15) is 0 Å². The second-order valence-corrected chi connectivity index (χ2v) is 4.92. The predicted octanol–water partition coefficient (Wildman–Crippen LogP) is 1.21. The molecule has 5 nitrogen and oxygen atoms in total. The maximum Gasteiger partial charge on any atom is 0.156 e. The molecule has 2 aromatic rings. The molecule has 0 atom stereocenters. The highest BCUT2D eigenvalue weighted by Gasteiger charge is 2.22. The Hall–Kier alpha value is -1.62. The molecule has 5 heteroatoms. The number of fused-ring (bicyclic) bond motifs is 3. The maximum absolute atomic E-state index is 5.42. The summed E-state index contributed by atoms with van der Waals surface area (Å²) in [4.78, 5) is 11.2. The largest absolute Gasteiger partial charge is 0.378 e. The van der Waals surface area contributed by atoms with Crippen molar-refractivity contribution >= 4 is 16.9 Å². The van der Waals surface area contributed by atoms with Gasteiger partial charge in [0.15, 0.2) is 5.82 Å². The first-order valence-corrected chi connectivity index (χ1v) is 6.59. The SMILES string of the molecule is c1nc(N2CCOCC2)c2c(cc3n2CCC3)n1. The van der Waals surface area contributed by atoms with Gasteiger partial charge in [-0.1, -0.05) is 0 Å². The van der Waals surface area contributed by atoms with Gasteiger partial charge < -0.3 is 14.2 Å². The number of ether oxygens (including phenoxy) is 1. The third-order valence-electron chi connectivity index (χ3n) is 3.88. The van der Waals surface area contributed by atoms with Crippen molar-refractivity contribution in [2.24, 2.45) is 0 Å². The minimum Gasteiger partial charge on any atom is -0.378 e. The summed E-state index contributed by atoms with van der Waals surface area (Å²) in [5.74, 6) is 1.08. The van der Waals surface area contributed by atoms with Crippen molar-refractivity contribution in [1.29, 1.82) is 0 Å². The molecule has 18 heavy (non-hydrogen) atoms. The van der Waals surface area contributed by atoms with E-state index < -0.39 is 0 Å². The van der Waals surface area contributed by atoms with Gasteiger partial charge in [-0.05, 0) is 18.9 Å². The lowest BCUT2D eigenvalue weighted by atomic mass is 10.3. The van der Waals surface area contributed by atoms with Crippen LogP contribution < -0.4 is 4.90 Å². The molecular formula is C13H16N4O. The van der Waals surface area contributed by atoms with Gasteiger partial charge in [0.1, 0.15) is 11.8 Å². The third-order valence-corrected chi connectivity index (χ3v) is 3.88. The van der Waals surface area contributed by atoms with E-state index in [1.165, 1.54) is 24.1 Å². The van der Waals surface area contributed by atoms with E-state index in [0.29, 0.717) is 0 Å². The predicted molar refractivity (Wildman–Crippen MR) is 68.9 cm³/mol. The molecule has 0 aromatic carbocycles. The summed E-state index contributed by atoms with van der Waals surface area (Å²) in [6.07, 6.45) is 4.09. The van der Waals surface area contributed by atoms with Gasteiger partial charge >= 0.3 is 0 Å². The molecule has 0 spiro atoms. The fourth-order valence-corrected chi connectivity index (χ4v) is 3.01. The fourth-order valence-electron chi connectivity index (χ4n) is 3.01. The third kappa shape index (κ3) is 1.43. The first-order valence-electron chi connectivity index (χ1n) is 6.59. The van der Waals surface area contributed by atoms with E-state index in [1.54, 1.807) is 6.33 Å². The van der Waals surface area contributed by atoms with Gasteiger partial charge in [0.2, 0.25) is 0 Å². The molecule has 94 valence electrons. The molecular weight excluding hydrogens is 228 g/mol. The van der Waals surface area contributed by atoms with E-state index in [4.69, 9.17) is 4.74 Å². The molecule has 4 heterocycles. The Morgan fingerprint density at radius 3 is 2.89 bits per heavy atom. The Morgan fingerprint density at radius 1 is 1.11 bits per heavy atom. The van der Waals surface area contributed by atoms with Crippen molar-refractivity contribution in [2.75, 3.05) is 31.2 Å². The summed E-state index contributed by atoms with van der Waals surface area (Å²) >= 11 is 0. The maximum atomic E-state index is 5.42. The lowest BCUT2D eigenvalue weighted by Crippen LogP contribution is -2.37. The quantitative estimate of drug-likeness (QED) is 0.756. The molecule has 4 rings (SSSR count). The van der Waals surface area contributed by atoms with Crippen molar-refractivity contribution in [3.8, 4) is 0 Å². The minimum atomic E-state index is 0.791. The van der Waals surface area contributed by atoms with Crippen LogP contribution in [0.15, 0.2) is 12.4 Å². The zero-order valence-corrected chi connectivity index (χ0v) is 10.3. The smallest absolute Gasteiger partial charge is 0.156 e. The van der Waals surface area contributed by atoms with Crippen molar-refractivity contribution in [2.45, 2.75) is 19.4 Å². The molecule has 0 aliphatic carbocycles. The number of hydrogen-bond acceptors (Lipinski definition) is 4. The van der Waals surface area contributed by atoms with Crippen LogP contribution in [0.2, 0.25) is 0 Å². The highest BCUT2D eigenvalue weighted by Crippen LogP contribution is 2.30. The molecule has 2 aromatic heterocycles. The number of hydrogen-bond donors (Lipinski definition) is 0. The Labute approximate surface area is 105 Å². The molecule has 2 aliphatic heterocycles. The van der Waals surface area contributed by atoms with Crippen LogP contribution in [0, 0.1) is 0 Å². The van der Waals surface area contributed by atoms with Crippen LogP contribution in [0.4, 0.5) is 5.82 Å². The summed E-state index contributed by atoms with van der Waals surface area (Å²) in [6, 6.07) is 2.22. The van der Waals surface area contributed by atoms with Gasteiger partial charge in [-0.25, -0.2) is 9.97 Å². The topological polar surface area (TPSA) is 43.2 Å². The zero-order chi connectivity index (χ0) is 11.9. The van der Waals surface area contributed by atoms with Crippen LogP contribution in [0.25, 0.3) is 11.0 Å². The monoisotopic (exact) mass is 244 g/mol. The summed E-state index contributed by atoms with van der Waals surface area (Å²) in [6.45, 7) is 4.53. The van der Waals surface area contributed by atoms with E-state index in [-0.39, 0.29) is 0 Å². The van der Waals surface area contributed by atoms with Crippen LogP contribution >= 0.6 is 0 Å². The average molecular weight is 244 g/mol. The normalized spacial score (nSPS) is 19.4. The Bertz CT molecular complexity index is 586. The van der Waals surface area contributed by atoms with Gasteiger partial charge in [-0.15, -0.1) is 0 Å². The van der Waals surface area contributed by atoms with E-state index >= 15 is 0 Å². The van der Waals surface area contributed by atoms with Crippen molar-refractivity contribution in [1.82, 2.24) is 14.5 Å². The van der Waals surface area contributed by atoms with Crippen molar-refractivity contribution in [3.63, 3.8) is 0 Å². The Kier molecular flexibility index (Phi) is 2.26. The minimum absolute atomic E-state index is 0.791. The number of rotatable bonds is 1. The second kappa shape index (κ2) is 3.95. The van der Waals surface area contributed by atoms with E-state index in [0.717, 1.165) is 44.2 Å². The Balaban J connectivity index is 1.88. The van der Waals surface area contributed by atoms with Gasteiger partial charge in [0.05, 0.1) is 18.7 Å². The summed E-state index contributed by atoms with van der Waals surface area (Å²) in [5, 5.41) is 0. The van der Waals surface area contributed by atoms with Crippen molar-refractivity contribution < 1.29 is 4.74 Å². The fraction of sp³-hybridized carbons (Fsp3) is 0.538. The van der Waals surface area contributed by atoms with Crippen LogP contribution in [0.5, 0.6) is 0 Å². The van der Waals surface area contributed by atoms with Gasteiger partial charge in [0.25, 0.3) is 0 Å². The van der Waals surface area contributed by atoms with Crippen LogP contribution in [-0.4, -0.2) is 40.8 Å². The Morgan fingerprint density at radius 2 is 2.00 bits per heavy atom. The molecule has 0 saturated carbocycles. The van der Waals surface area contributed by atoms with Crippen LogP contribution in [0.3, 0.4) is 0 Å². The first-order chi connectivity index (χ1) is 8.93. The highest BCUT2D eigenvalue weighted by molar-refractivity contribution is 5.88. The van der Waals surface area contributed by atoms with E-state index in [1.807, 2.05) is 0 Å². The summed E-state index contributed by atoms with van der Waals surface area (Å²) in [5.41, 5.74) is 3.70. The van der Waals surface area contributed by atoms with Crippen LogP contribution in [-0.2, 0) is 17.7 Å². The standard InChI is InChI=1S/C13H16N4O/c1-2-10-8-11-12(17(10)3-1)13(15-9-14-11)16-4-6-18-7-5-16/h8-9H,1-7H2. The molecule has 0 N–H and O–H groups in total. The van der Waals surface area contributed by atoms with Gasteiger partial charge in [-0.3, -0.25) is 0 Å². The molecule has 0 radical (unpaired) electrons. The van der Waals surface area contributed by atoms with E-state index in [2.05, 4.69) is 25.5 Å². The number of morpholine rings is 1. The molecule has 1 saturated heterocycles. The average Bonchev–Trinajstić information content (AvgIpc) is 2.99. The lowest BCUT2D eigenvalue weighted by molar-refractivity contribution is 0.122. The molecule has 0 bridgehead atoms. The number of aryl methyl sites for hydroxylation is 2. The molecule has 0 unspecified atom stereocenters. The lowest BCUT2D eigenvalue weighted by Gasteiger charge is -2.28. The number of anilines is 1. The van der Waals surface area contributed by atoms with Crippen LogP contribution in [0.1, 0.15) is 12.1 Å². The first kappa shape index (κ1) is 10.3. The molecule has 0 amide bonds. The number of aromatic nitrogens is 3. The van der Waals surface area contributed by atoms with Gasteiger partial charge in [-0.2, -0.15) is 0 Å². The van der Waals surface area contributed by atoms with Crippen molar-refractivity contribution in [3.05, 3.63) is 18.1 Å². The summed E-state index contributed by atoms with van der Waals surface area (Å²) in [7, 11) is 0. The zero-order valence-electron chi connectivity index (χ0n) is 10.3. The molecule has 2 aliphatic rings. The highest BCUT2D eigenvalue weighted by atomic mass is 16.5. The van der Waals surface area contributed by atoms with Gasteiger partial charge in [0, 0.05) is 25.3 Å². The molecule has 1 fully saturated rings. The second-order valence-electron chi connectivity index (χ2n) is 4.92. The summed E-state index contributed by atoms with van der Waals surface area (Å²) < 4.78 is 7.80. The number of nitrogens with zero attached hydrogens (tertiary/aromatic N) is 4.